The molecule has 1 N–H and O–H groups in total. The quantitative estimate of drug-likeness (QED) is 0.941. The number of likely N-dealkylation sites (tertiary alicyclic amines) is 1. The van der Waals surface area contributed by atoms with Crippen molar-refractivity contribution >= 4 is 0 Å². The summed E-state index contributed by atoms with van der Waals surface area (Å²) in [7, 11) is 0. The third kappa shape index (κ3) is 3.54. The highest BCUT2D eigenvalue weighted by Gasteiger charge is 2.23. The van der Waals surface area contributed by atoms with Gasteiger partial charge < -0.3 is 10.0 Å². The Kier molecular flexibility index (Phi) is 4.55. The number of hydrogen-bond acceptors (Lipinski definition) is 4. The van der Waals surface area contributed by atoms with E-state index in [0.29, 0.717) is 12.6 Å². The smallest absolute Gasteiger partial charge is 0.137 e. The Labute approximate surface area is 131 Å². The average molecular weight is 300 g/mol. The van der Waals surface area contributed by atoms with Gasteiger partial charge in [-0.25, -0.2) is 9.67 Å². The summed E-state index contributed by atoms with van der Waals surface area (Å²) in [5, 5.41) is 14.7. The molecule has 1 fully saturated rings. The summed E-state index contributed by atoms with van der Waals surface area (Å²) in [6.45, 7) is 6.84. The van der Waals surface area contributed by atoms with E-state index in [1.54, 1.807) is 12.7 Å². The van der Waals surface area contributed by atoms with Crippen molar-refractivity contribution in [1.29, 1.82) is 0 Å². The van der Waals surface area contributed by atoms with Crippen LogP contribution in [0.15, 0.2) is 30.9 Å². The molecule has 3 rings (SSSR count). The molecule has 0 saturated carbocycles. The number of rotatable bonds is 4. The highest BCUT2D eigenvalue weighted by atomic mass is 16.3. The third-order valence-electron chi connectivity index (χ3n) is 4.43. The lowest BCUT2D eigenvalue weighted by molar-refractivity contribution is 0.0889. The molecule has 0 radical (unpaired) electrons. The lowest BCUT2D eigenvalue weighted by Crippen LogP contribution is -2.37. The molecule has 2 heterocycles. The van der Waals surface area contributed by atoms with E-state index in [1.165, 1.54) is 11.1 Å². The first-order valence-electron chi connectivity index (χ1n) is 7.94. The van der Waals surface area contributed by atoms with Crippen molar-refractivity contribution in [2.45, 2.75) is 38.8 Å². The molecule has 0 bridgehead atoms. The number of aliphatic hydroxyl groups is 1. The summed E-state index contributed by atoms with van der Waals surface area (Å²) in [6.07, 6.45) is 5.09. The van der Waals surface area contributed by atoms with E-state index in [0.717, 1.165) is 31.5 Å². The zero-order chi connectivity index (χ0) is 15.5. The molecule has 5 nitrogen and oxygen atoms in total. The molecule has 5 heteroatoms. The number of β-amino-alcohol motifs (C(OH)–C–C–N with tert-alkyl or cyclic N) is 1. The fourth-order valence-corrected chi connectivity index (χ4v) is 3.32. The Hall–Kier alpha value is -1.72. The van der Waals surface area contributed by atoms with Gasteiger partial charge in [0, 0.05) is 19.6 Å². The van der Waals surface area contributed by atoms with Gasteiger partial charge in [0.2, 0.25) is 0 Å². The van der Waals surface area contributed by atoms with E-state index < -0.39 is 6.10 Å². The van der Waals surface area contributed by atoms with Crippen molar-refractivity contribution < 1.29 is 5.11 Å². The van der Waals surface area contributed by atoms with Crippen LogP contribution in [0.2, 0.25) is 0 Å². The topological polar surface area (TPSA) is 54.2 Å². The van der Waals surface area contributed by atoms with Crippen LogP contribution in [0.25, 0.3) is 0 Å². The van der Waals surface area contributed by atoms with Crippen LogP contribution in [0.4, 0.5) is 0 Å². The predicted molar refractivity (Wildman–Crippen MR) is 85.6 cm³/mol. The van der Waals surface area contributed by atoms with E-state index in [9.17, 15) is 5.11 Å². The first kappa shape index (κ1) is 15.2. The molecule has 0 spiro atoms. The second-order valence-corrected chi connectivity index (χ2v) is 6.34. The van der Waals surface area contributed by atoms with Gasteiger partial charge in [-0.05, 0) is 32.3 Å². The highest BCUT2D eigenvalue weighted by molar-refractivity contribution is 5.30. The van der Waals surface area contributed by atoms with Crippen molar-refractivity contribution in [3.63, 3.8) is 0 Å². The third-order valence-corrected chi connectivity index (χ3v) is 4.43. The van der Waals surface area contributed by atoms with Crippen LogP contribution >= 0.6 is 0 Å². The Morgan fingerprint density at radius 2 is 1.86 bits per heavy atom. The van der Waals surface area contributed by atoms with Crippen LogP contribution in [-0.4, -0.2) is 44.4 Å². The monoisotopic (exact) mass is 300 g/mol. The lowest BCUT2D eigenvalue weighted by Gasteiger charge is -2.33. The van der Waals surface area contributed by atoms with Crippen molar-refractivity contribution in [3.05, 3.63) is 47.5 Å². The summed E-state index contributed by atoms with van der Waals surface area (Å²) < 4.78 is 1.96. The van der Waals surface area contributed by atoms with Gasteiger partial charge in [-0.3, -0.25) is 0 Å². The maximum atomic E-state index is 10.5. The first-order valence-corrected chi connectivity index (χ1v) is 7.94. The van der Waals surface area contributed by atoms with Gasteiger partial charge in [0.05, 0.1) is 12.1 Å². The second-order valence-electron chi connectivity index (χ2n) is 6.34. The summed E-state index contributed by atoms with van der Waals surface area (Å²) in [5.41, 5.74) is 3.44. The summed E-state index contributed by atoms with van der Waals surface area (Å²) in [5.74, 6) is 0. The van der Waals surface area contributed by atoms with E-state index in [4.69, 9.17) is 0 Å². The molecule has 22 heavy (non-hydrogen) atoms. The van der Waals surface area contributed by atoms with E-state index >= 15 is 0 Å². The number of aryl methyl sites for hydroxylation is 2. The van der Waals surface area contributed by atoms with Gasteiger partial charge in [0.25, 0.3) is 0 Å². The van der Waals surface area contributed by atoms with Gasteiger partial charge in [0.15, 0.2) is 0 Å². The molecule has 2 aromatic rings. The molecule has 0 amide bonds. The number of piperidine rings is 1. The number of aliphatic hydroxyl groups excluding tert-OH is 1. The van der Waals surface area contributed by atoms with Crippen LogP contribution in [0.3, 0.4) is 0 Å². The van der Waals surface area contributed by atoms with E-state index in [2.05, 4.69) is 47.0 Å². The highest BCUT2D eigenvalue weighted by Crippen LogP contribution is 2.24. The maximum Gasteiger partial charge on any atom is 0.137 e. The molecule has 1 aliphatic rings. The number of benzene rings is 1. The zero-order valence-corrected chi connectivity index (χ0v) is 13.3. The summed E-state index contributed by atoms with van der Waals surface area (Å²) in [6, 6.07) is 6.75. The number of hydrogen-bond donors (Lipinski definition) is 1. The first-order chi connectivity index (χ1) is 10.6. The molecule has 1 unspecified atom stereocenters. The Bertz CT molecular complexity index is 583. The molecule has 1 aromatic carbocycles. The minimum absolute atomic E-state index is 0.415. The average Bonchev–Trinajstić information content (AvgIpc) is 3.01. The molecule has 1 atom stereocenters. The summed E-state index contributed by atoms with van der Waals surface area (Å²) >= 11 is 0. The van der Waals surface area contributed by atoms with Gasteiger partial charge in [0.1, 0.15) is 12.7 Å². The largest absolute Gasteiger partial charge is 0.387 e. The van der Waals surface area contributed by atoms with Crippen molar-refractivity contribution in [1.82, 2.24) is 19.7 Å². The van der Waals surface area contributed by atoms with Crippen LogP contribution in [-0.2, 0) is 0 Å². The van der Waals surface area contributed by atoms with Crippen LogP contribution in [0.5, 0.6) is 0 Å². The Morgan fingerprint density at radius 3 is 2.45 bits per heavy atom. The minimum atomic E-state index is -0.415. The molecule has 1 saturated heterocycles. The van der Waals surface area contributed by atoms with Crippen molar-refractivity contribution in [3.8, 4) is 0 Å². The number of aromatic nitrogens is 3. The van der Waals surface area contributed by atoms with Gasteiger partial charge in [-0.1, -0.05) is 29.3 Å². The fraction of sp³-hybridized carbons (Fsp3) is 0.529. The second kappa shape index (κ2) is 6.58. The minimum Gasteiger partial charge on any atom is -0.387 e. The lowest BCUT2D eigenvalue weighted by atomic mass is 10.0. The van der Waals surface area contributed by atoms with Gasteiger partial charge in [-0.15, -0.1) is 0 Å². The standard InChI is InChI=1S/C17H24N4O/c1-13-7-14(2)9-15(8-13)17(22)10-20-5-3-16(4-6-20)21-12-18-11-19-21/h7-9,11-12,16-17,22H,3-6,10H2,1-2H3. The van der Waals surface area contributed by atoms with E-state index in [-0.39, 0.29) is 0 Å². The van der Waals surface area contributed by atoms with Crippen molar-refractivity contribution in [2.24, 2.45) is 0 Å². The van der Waals surface area contributed by atoms with Gasteiger partial charge >= 0.3 is 0 Å². The van der Waals surface area contributed by atoms with Crippen molar-refractivity contribution in [2.75, 3.05) is 19.6 Å². The molecule has 118 valence electrons. The number of nitrogens with zero attached hydrogens (tertiary/aromatic N) is 4. The molecular weight excluding hydrogens is 276 g/mol. The normalized spacial score (nSPS) is 18.5. The fourth-order valence-electron chi connectivity index (χ4n) is 3.32. The van der Waals surface area contributed by atoms with Crippen LogP contribution in [0, 0.1) is 13.8 Å². The van der Waals surface area contributed by atoms with Crippen LogP contribution in [0.1, 0.15) is 41.7 Å². The van der Waals surface area contributed by atoms with Crippen LogP contribution < -0.4 is 0 Å². The molecule has 0 aliphatic carbocycles. The molecule has 1 aliphatic heterocycles. The van der Waals surface area contributed by atoms with E-state index in [1.807, 2.05) is 4.68 Å². The Morgan fingerprint density at radius 1 is 1.18 bits per heavy atom. The predicted octanol–water partition coefficient (Wildman–Crippen LogP) is 2.27. The maximum absolute atomic E-state index is 10.5. The molecular formula is C17H24N4O. The zero-order valence-electron chi connectivity index (χ0n) is 13.3. The van der Waals surface area contributed by atoms with Gasteiger partial charge in [-0.2, -0.15) is 5.10 Å². The SMILES string of the molecule is Cc1cc(C)cc(C(O)CN2CCC(n3cncn3)CC2)c1. The molecule has 1 aromatic heterocycles. The summed E-state index contributed by atoms with van der Waals surface area (Å²) in [4.78, 5) is 6.36. The Balaban J connectivity index is 1.56.